The van der Waals surface area contributed by atoms with Gasteiger partial charge in [0, 0.05) is 0 Å². The molecule has 0 saturated heterocycles. The molecule has 0 amide bonds. The van der Waals surface area contributed by atoms with Crippen LogP contribution in [0.3, 0.4) is 0 Å². The van der Waals surface area contributed by atoms with E-state index in [0.29, 0.717) is 0 Å². The molecule has 0 atom stereocenters. The van der Waals surface area contributed by atoms with E-state index in [-0.39, 0.29) is 18.2 Å². The van der Waals surface area contributed by atoms with Crippen LogP contribution in [0.5, 0.6) is 0 Å². The van der Waals surface area contributed by atoms with E-state index >= 15 is 0 Å². The Morgan fingerprint density at radius 1 is 0.778 bits per heavy atom. The van der Waals surface area contributed by atoms with E-state index < -0.39 is 38.6 Å². The summed E-state index contributed by atoms with van der Waals surface area (Å²) in [5.74, 6) is 0. The minimum Gasteiger partial charge on any atom is -0.189 e. The predicted molar refractivity (Wildman–Crippen MR) is 44.7 cm³/mol. The van der Waals surface area contributed by atoms with Crippen molar-refractivity contribution in [3.8, 4) is 0 Å². The van der Waals surface area contributed by atoms with E-state index in [1.54, 1.807) is 0 Å². The number of benzene rings is 1. The molecule has 0 heterocycles. The third kappa shape index (κ3) is 3.34. The Labute approximate surface area is 96.2 Å². The second-order valence-electron chi connectivity index (χ2n) is 3.18. The molecule has 0 aliphatic heterocycles. The zero-order chi connectivity index (χ0) is 14.4. The molecule has 0 aliphatic rings. The zero-order valence-electron chi connectivity index (χ0n) is 8.10. The summed E-state index contributed by atoms with van der Waals surface area (Å²) in [7, 11) is -5.67. The molecule has 0 N–H and O–H groups in total. The highest BCUT2D eigenvalue weighted by molar-refractivity contribution is 7.86. The van der Waals surface area contributed by atoms with Crippen molar-refractivity contribution < 1.29 is 38.6 Å². The van der Waals surface area contributed by atoms with Crippen LogP contribution >= 0.6 is 0 Å². The Balaban J connectivity index is 3.60. The van der Waals surface area contributed by atoms with Crippen LogP contribution in [0.4, 0.5) is 30.2 Å². The summed E-state index contributed by atoms with van der Waals surface area (Å²) in [6.07, 6.45) is -10.4. The first-order valence-electron chi connectivity index (χ1n) is 4.06. The summed E-state index contributed by atoms with van der Waals surface area (Å²) < 4.78 is 107. The molecule has 102 valence electrons. The molecule has 0 saturated carbocycles. The molecule has 1 aromatic carbocycles. The Bertz CT molecular complexity index is 524. The fraction of sp³-hybridized carbons (Fsp3) is 0.250. The summed E-state index contributed by atoms with van der Waals surface area (Å²) in [4.78, 5) is -1.69. The van der Waals surface area contributed by atoms with Gasteiger partial charge in [-0.05, 0) is 18.2 Å². The van der Waals surface area contributed by atoms with Crippen LogP contribution < -0.4 is 0 Å². The third-order valence-electron chi connectivity index (χ3n) is 1.84. The van der Waals surface area contributed by atoms with E-state index in [1.807, 2.05) is 0 Å². The fourth-order valence-corrected chi connectivity index (χ4v) is 1.60. The Kier molecular flexibility index (Phi) is 3.36. The maximum Gasteiger partial charge on any atom is 0.416 e. The molecule has 0 radical (unpaired) electrons. The average molecular weight is 296 g/mol. The van der Waals surface area contributed by atoms with E-state index in [2.05, 4.69) is 0 Å². The van der Waals surface area contributed by atoms with Crippen molar-refractivity contribution in [1.29, 1.82) is 0 Å². The van der Waals surface area contributed by atoms with Crippen molar-refractivity contribution in [2.45, 2.75) is 17.2 Å². The van der Waals surface area contributed by atoms with E-state index in [0.717, 1.165) is 0 Å². The summed E-state index contributed by atoms with van der Waals surface area (Å²) in [6.45, 7) is 0. The van der Waals surface area contributed by atoms with Gasteiger partial charge >= 0.3 is 22.6 Å². The van der Waals surface area contributed by atoms with E-state index in [4.69, 9.17) is 0 Å². The van der Waals surface area contributed by atoms with Crippen molar-refractivity contribution in [2.24, 2.45) is 0 Å². The van der Waals surface area contributed by atoms with E-state index in [1.165, 1.54) is 0 Å². The molecule has 1 rings (SSSR count). The number of halogens is 7. The van der Waals surface area contributed by atoms with Gasteiger partial charge in [0.1, 0.15) is 0 Å². The summed E-state index contributed by atoms with van der Waals surface area (Å²) in [5, 5.41) is 0. The molecule has 0 spiro atoms. The van der Waals surface area contributed by atoms with Crippen LogP contribution in [0.2, 0.25) is 0 Å². The van der Waals surface area contributed by atoms with Crippen LogP contribution in [0.25, 0.3) is 0 Å². The standard InChI is InChI=1S/C8H3F7O2S/c9-7(10,11)4-1-5(8(12,13)14)3-6(2-4)18(15,16)17/h1-3H. The topological polar surface area (TPSA) is 34.1 Å². The van der Waals surface area contributed by atoms with Crippen molar-refractivity contribution in [3.63, 3.8) is 0 Å². The van der Waals surface area contributed by atoms with E-state index in [9.17, 15) is 38.6 Å². The lowest BCUT2D eigenvalue weighted by Crippen LogP contribution is -2.12. The average Bonchev–Trinajstić information content (AvgIpc) is 2.13. The van der Waals surface area contributed by atoms with Gasteiger partial charge in [0.05, 0.1) is 16.0 Å². The molecule has 1 aromatic rings. The van der Waals surface area contributed by atoms with Crippen LogP contribution in [-0.4, -0.2) is 8.42 Å². The molecule has 0 fully saturated rings. The number of alkyl halides is 6. The van der Waals surface area contributed by atoms with Gasteiger partial charge < -0.3 is 0 Å². The van der Waals surface area contributed by atoms with Gasteiger partial charge in [-0.2, -0.15) is 34.8 Å². The SMILES string of the molecule is O=S(=O)(F)c1cc(C(F)(F)F)cc(C(F)(F)F)c1. The quantitative estimate of drug-likeness (QED) is 0.588. The summed E-state index contributed by atoms with van der Waals surface area (Å²) in [5.41, 5.74) is -3.79. The van der Waals surface area contributed by atoms with Crippen molar-refractivity contribution in [1.82, 2.24) is 0 Å². The number of hydrogen-bond donors (Lipinski definition) is 0. The van der Waals surface area contributed by atoms with Gasteiger partial charge in [0.2, 0.25) is 0 Å². The van der Waals surface area contributed by atoms with Crippen LogP contribution in [0.1, 0.15) is 11.1 Å². The maximum absolute atomic E-state index is 12.5. The van der Waals surface area contributed by atoms with Gasteiger partial charge in [0.15, 0.2) is 0 Å². The molecule has 18 heavy (non-hydrogen) atoms. The summed E-state index contributed by atoms with van der Waals surface area (Å²) >= 11 is 0. The smallest absolute Gasteiger partial charge is 0.189 e. The largest absolute Gasteiger partial charge is 0.416 e. The second kappa shape index (κ2) is 4.11. The molecular formula is C8H3F7O2S. The molecule has 0 aliphatic carbocycles. The normalized spacial score (nSPS) is 13.7. The van der Waals surface area contributed by atoms with Crippen molar-refractivity contribution >= 4 is 10.2 Å². The van der Waals surface area contributed by atoms with Crippen LogP contribution in [0, 0.1) is 0 Å². The Morgan fingerprint density at radius 2 is 1.11 bits per heavy atom. The van der Waals surface area contributed by atoms with Gasteiger partial charge in [-0.25, -0.2) is 0 Å². The van der Waals surface area contributed by atoms with Gasteiger partial charge in [-0.15, -0.1) is 3.89 Å². The highest BCUT2D eigenvalue weighted by Crippen LogP contribution is 2.37. The Hall–Kier alpha value is -1.32. The number of hydrogen-bond acceptors (Lipinski definition) is 2. The maximum atomic E-state index is 12.5. The third-order valence-corrected chi connectivity index (χ3v) is 2.64. The second-order valence-corrected chi connectivity index (χ2v) is 4.53. The van der Waals surface area contributed by atoms with Crippen LogP contribution in [-0.2, 0) is 22.6 Å². The highest BCUT2D eigenvalue weighted by Gasteiger charge is 2.38. The zero-order valence-corrected chi connectivity index (χ0v) is 8.92. The first-order valence-corrected chi connectivity index (χ1v) is 5.44. The lowest BCUT2D eigenvalue weighted by atomic mass is 10.1. The molecular weight excluding hydrogens is 293 g/mol. The fourth-order valence-electron chi connectivity index (χ4n) is 1.07. The van der Waals surface area contributed by atoms with Gasteiger partial charge in [-0.3, -0.25) is 0 Å². The predicted octanol–water partition coefficient (Wildman–Crippen LogP) is 3.38. The lowest BCUT2D eigenvalue weighted by molar-refractivity contribution is -0.143. The molecule has 0 bridgehead atoms. The highest BCUT2D eigenvalue weighted by atomic mass is 32.3. The first-order chi connectivity index (χ1) is 7.82. The Morgan fingerprint density at radius 3 is 1.33 bits per heavy atom. The van der Waals surface area contributed by atoms with Crippen molar-refractivity contribution in [3.05, 3.63) is 29.3 Å². The van der Waals surface area contributed by atoms with Gasteiger partial charge in [0.25, 0.3) is 0 Å². The molecule has 0 aromatic heterocycles. The molecule has 0 unspecified atom stereocenters. The summed E-state index contributed by atoms with van der Waals surface area (Å²) in [6, 6.07) is -0.705. The minimum atomic E-state index is -5.67. The van der Waals surface area contributed by atoms with Gasteiger partial charge in [-0.1, -0.05) is 0 Å². The lowest BCUT2D eigenvalue weighted by Gasteiger charge is -2.12. The van der Waals surface area contributed by atoms with Crippen molar-refractivity contribution in [2.75, 3.05) is 0 Å². The minimum absolute atomic E-state index is 0.204. The monoisotopic (exact) mass is 296 g/mol. The molecule has 10 heteroatoms. The first kappa shape index (κ1) is 14.7. The number of rotatable bonds is 1. The molecule has 2 nitrogen and oxygen atoms in total. The van der Waals surface area contributed by atoms with Crippen LogP contribution in [0.15, 0.2) is 23.1 Å².